The Morgan fingerprint density at radius 3 is 2.79 bits per heavy atom. The summed E-state index contributed by atoms with van der Waals surface area (Å²) < 4.78 is 15.1. The minimum atomic E-state index is -1.79. The molecule has 1 aromatic heterocycles. The van der Waals surface area contributed by atoms with Crippen LogP contribution in [0.5, 0.6) is 0 Å². The summed E-state index contributed by atoms with van der Waals surface area (Å²) >= 11 is 0. The second-order valence-corrected chi connectivity index (χ2v) is 3.04. The first-order valence-electron chi connectivity index (χ1n) is 4.07. The number of hydrogen-bond donors (Lipinski definition) is 2. The Morgan fingerprint density at radius 1 is 1.43 bits per heavy atom. The van der Waals surface area contributed by atoms with Gasteiger partial charge in [0.15, 0.2) is 0 Å². The lowest BCUT2D eigenvalue weighted by Crippen LogP contribution is -2.32. The first kappa shape index (κ1) is 9.17. The molecule has 0 radical (unpaired) electrons. The van der Waals surface area contributed by atoms with Crippen molar-refractivity contribution in [2.24, 2.45) is 7.05 Å². The fourth-order valence-corrected chi connectivity index (χ4v) is 1.41. The van der Waals surface area contributed by atoms with E-state index in [0.29, 0.717) is 5.52 Å². The van der Waals surface area contributed by atoms with Crippen molar-refractivity contribution in [1.82, 2.24) is 9.78 Å². The van der Waals surface area contributed by atoms with E-state index in [-0.39, 0.29) is 10.8 Å². The standard InChI is InChI=1S/C8H8BFN2O2/c1-12-7-3-2-6(9(13)14)8(10)5(7)4-11-12/h2-4,13-14H,1H3. The molecule has 2 rings (SSSR count). The Morgan fingerprint density at radius 2 is 2.14 bits per heavy atom. The van der Waals surface area contributed by atoms with Gasteiger partial charge in [0.05, 0.1) is 17.1 Å². The lowest BCUT2D eigenvalue weighted by molar-refractivity contribution is 0.423. The Bertz CT molecular complexity index is 483. The van der Waals surface area contributed by atoms with Gasteiger partial charge in [-0.3, -0.25) is 4.68 Å². The quantitative estimate of drug-likeness (QED) is 0.595. The summed E-state index contributed by atoms with van der Waals surface area (Å²) in [6.07, 6.45) is 1.36. The molecule has 4 nitrogen and oxygen atoms in total. The van der Waals surface area contributed by atoms with Gasteiger partial charge in [-0.15, -0.1) is 0 Å². The van der Waals surface area contributed by atoms with Crippen LogP contribution in [0.1, 0.15) is 0 Å². The predicted molar refractivity (Wildman–Crippen MR) is 50.5 cm³/mol. The number of fused-ring (bicyclic) bond motifs is 1. The number of aryl methyl sites for hydroxylation is 1. The number of nitrogens with zero attached hydrogens (tertiary/aromatic N) is 2. The normalized spacial score (nSPS) is 10.9. The van der Waals surface area contributed by atoms with Crippen LogP contribution in [0.2, 0.25) is 0 Å². The zero-order chi connectivity index (χ0) is 10.3. The third kappa shape index (κ3) is 1.20. The molecule has 2 N–H and O–H groups in total. The molecule has 0 bridgehead atoms. The molecule has 14 heavy (non-hydrogen) atoms. The number of benzene rings is 1. The van der Waals surface area contributed by atoms with E-state index in [0.717, 1.165) is 0 Å². The van der Waals surface area contributed by atoms with Crippen LogP contribution in [0.15, 0.2) is 18.3 Å². The molecule has 0 amide bonds. The average Bonchev–Trinajstić information content (AvgIpc) is 2.49. The van der Waals surface area contributed by atoms with Crippen LogP contribution in [0.4, 0.5) is 4.39 Å². The van der Waals surface area contributed by atoms with Crippen LogP contribution in [0.25, 0.3) is 10.9 Å². The highest BCUT2D eigenvalue weighted by Gasteiger charge is 2.19. The van der Waals surface area contributed by atoms with Gasteiger partial charge >= 0.3 is 7.12 Å². The highest BCUT2D eigenvalue weighted by atomic mass is 19.1. The second-order valence-electron chi connectivity index (χ2n) is 3.04. The molecule has 72 valence electrons. The van der Waals surface area contributed by atoms with Gasteiger partial charge in [0.1, 0.15) is 5.82 Å². The van der Waals surface area contributed by atoms with Crippen molar-refractivity contribution in [1.29, 1.82) is 0 Å². The maximum atomic E-state index is 13.6. The summed E-state index contributed by atoms with van der Waals surface area (Å²) in [5.41, 5.74) is 0.484. The van der Waals surface area contributed by atoms with Crippen LogP contribution < -0.4 is 5.46 Å². The maximum absolute atomic E-state index is 13.6. The Kier molecular flexibility index (Phi) is 2.01. The summed E-state index contributed by atoms with van der Waals surface area (Å²) in [5, 5.41) is 21.9. The molecule has 0 atom stereocenters. The molecule has 1 heterocycles. The predicted octanol–water partition coefficient (Wildman–Crippen LogP) is -0.608. The van der Waals surface area contributed by atoms with Gasteiger partial charge in [-0.2, -0.15) is 5.10 Å². The highest BCUT2D eigenvalue weighted by molar-refractivity contribution is 6.59. The van der Waals surface area contributed by atoms with Gasteiger partial charge in [-0.05, 0) is 6.07 Å². The third-order valence-corrected chi connectivity index (χ3v) is 2.17. The fourth-order valence-electron chi connectivity index (χ4n) is 1.41. The van der Waals surface area contributed by atoms with Gasteiger partial charge in [-0.1, -0.05) is 6.07 Å². The summed E-state index contributed by atoms with van der Waals surface area (Å²) in [6, 6.07) is 2.93. The monoisotopic (exact) mass is 194 g/mol. The summed E-state index contributed by atoms with van der Waals surface area (Å²) in [7, 11) is -0.101. The molecule has 0 saturated heterocycles. The van der Waals surface area contributed by atoms with Crippen LogP contribution in [-0.2, 0) is 7.05 Å². The first-order chi connectivity index (χ1) is 6.61. The van der Waals surface area contributed by atoms with E-state index in [9.17, 15) is 4.39 Å². The van der Waals surface area contributed by atoms with Gasteiger partial charge in [0.25, 0.3) is 0 Å². The summed E-state index contributed by atoms with van der Waals surface area (Å²) in [4.78, 5) is 0. The maximum Gasteiger partial charge on any atom is 0.491 e. The molecule has 0 fully saturated rings. The molecular formula is C8H8BFN2O2. The molecule has 0 aliphatic heterocycles. The zero-order valence-electron chi connectivity index (χ0n) is 7.48. The largest absolute Gasteiger partial charge is 0.491 e. The van der Waals surface area contributed by atoms with E-state index in [4.69, 9.17) is 10.0 Å². The Labute approximate surface area is 79.7 Å². The minimum absolute atomic E-state index is 0.134. The number of aromatic nitrogens is 2. The van der Waals surface area contributed by atoms with Crippen molar-refractivity contribution in [3.05, 3.63) is 24.1 Å². The van der Waals surface area contributed by atoms with Crippen molar-refractivity contribution < 1.29 is 14.4 Å². The van der Waals surface area contributed by atoms with E-state index in [1.165, 1.54) is 16.9 Å². The Hall–Kier alpha value is -1.40. The molecule has 0 aliphatic rings. The van der Waals surface area contributed by atoms with Crippen LogP contribution >= 0.6 is 0 Å². The van der Waals surface area contributed by atoms with Crippen LogP contribution in [0.3, 0.4) is 0 Å². The third-order valence-electron chi connectivity index (χ3n) is 2.17. The van der Waals surface area contributed by atoms with Crippen molar-refractivity contribution in [3.8, 4) is 0 Å². The van der Waals surface area contributed by atoms with Crippen LogP contribution in [0, 0.1) is 5.82 Å². The smallest absolute Gasteiger partial charge is 0.423 e. The van der Waals surface area contributed by atoms with Crippen molar-refractivity contribution in [2.75, 3.05) is 0 Å². The van der Waals surface area contributed by atoms with Crippen molar-refractivity contribution in [2.45, 2.75) is 0 Å². The molecule has 1 aromatic carbocycles. The van der Waals surface area contributed by atoms with Gasteiger partial charge in [0.2, 0.25) is 0 Å². The lowest BCUT2D eigenvalue weighted by Gasteiger charge is -2.02. The SMILES string of the molecule is Cn1ncc2c(F)c(B(O)O)ccc21. The highest BCUT2D eigenvalue weighted by Crippen LogP contribution is 2.14. The zero-order valence-corrected chi connectivity index (χ0v) is 7.48. The molecule has 0 spiro atoms. The van der Waals surface area contributed by atoms with E-state index in [2.05, 4.69) is 5.10 Å². The van der Waals surface area contributed by atoms with Gasteiger partial charge < -0.3 is 10.0 Å². The lowest BCUT2D eigenvalue weighted by atomic mass is 9.79. The average molecular weight is 194 g/mol. The number of halogens is 1. The van der Waals surface area contributed by atoms with E-state index >= 15 is 0 Å². The van der Waals surface area contributed by atoms with E-state index in [1.54, 1.807) is 13.1 Å². The molecule has 0 saturated carbocycles. The number of hydrogen-bond acceptors (Lipinski definition) is 3. The topological polar surface area (TPSA) is 58.3 Å². The minimum Gasteiger partial charge on any atom is -0.423 e. The molecule has 2 aromatic rings. The molecule has 6 heteroatoms. The van der Waals surface area contributed by atoms with Crippen molar-refractivity contribution in [3.63, 3.8) is 0 Å². The molecule has 0 aliphatic carbocycles. The van der Waals surface area contributed by atoms with Gasteiger partial charge in [-0.25, -0.2) is 4.39 Å². The van der Waals surface area contributed by atoms with Crippen molar-refractivity contribution >= 4 is 23.5 Å². The summed E-state index contributed by atoms with van der Waals surface area (Å²) in [6.45, 7) is 0. The van der Waals surface area contributed by atoms with Crippen LogP contribution in [-0.4, -0.2) is 26.9 Å². The Balaban J connectivity index is 2.76. The molecule has 0 unspecified atom stereocenters. The van der Waals surface area contributed by atoms with E-state index < -0.39 is 12.9 Å². The second kappa shape index (κ2) is 3.07. The van der Waals surface area contributed by atoms with Gasteiger partial charge in [0, 0.05) is 12.5 Å². The summed E-state index contributed by atoms with van der Waals surface area (Å²) in [5.74, 6) is -0.634. The molecular weight excluding hydrogens is 186 g/mol. The fraction of sp³-hybridized carbons (Fsp3) is 0.125. The number of rotatable bonds is 1. The van der Waals surface area contributed by atoms with E-state index in [1.807, 2.05) is 0 Å². The first-order valence-corrected chi connectivity index (χ1v) is 4.07.